The van der Waals surface area contributed by atoms with Crippen LogP contribution in [-0.2, 0) is 9.53 Å². The number of carbonyl (C=O) groups is 1. The normalized spacial score (nSPS) is 16.5. The number of amides is 1. The highest BCUT2D eigenvalue weighted by atomic mass is 16.5. The third kappa shape index (κ3) is 3.99. The predicted molar refractivity (Wildman–Crippen MR) is 120 cm³/mol. The van der Waals surface area contributed by atoms with Crippen molar-refractivity contribution in [2.45, 2.75) is 26.1 Å². The number of rotatable bonds is 6. The summed E-state index contributed by atoms with van der Waals surface area (Å²) in [6, 6.07) is 19.3. The summed E-state index contributed by atoms with van der Waals surface area (Å²) in [5.74, 6) is 1.41. The lowest BCUT2D eigenvalue weighted by Gasteiger charge is -2.22. The molecular formula is C24H25N3O4. The lowest BCUT2D eigenvalue weighted by molar-refractivity contribution is -0.135. The van der Waals surface area contributed by atoms with Crippen molar-refractivity contribution in [3.8, 4) is 11.5 Å². The number of fused-ring (bicyclic) bond motifs is 1. The Hall–Kier alpha value is -3.74. The van der Waals surface area contributed by atoms with Gasteiger partial charge in [-0.15, -0.1) is 5.10 Å². The number of anilines is 1. The summed E-state index contributed by atoms with van der Waals surface area (Å²) in [5, 5.41) is 11.5. The summed E-state index contributed by atoms with van der Waals surface area (Å²) in [6.45, 7) is 3.41. The molecule has 0 bridgehead atoms. The molecule has 31 heavy (non-hydrogen) atoms. The molecule has 3 aromatic carbocycles. The van der Waals surface area contributed by atoms with Gasteiger partial charge in [0.1, 0.15) is 17.5 Å². The first kappa shape index (κ1) is 20.5. The molecule has 0 spiro atoms. The molecule has 0 aromatic heterocycles. The van der Waals surface area contributed by atoms with Gasteiger partial charge in [0, 0.05) is 24.1 Å². The van der Waals surface area contributed by atoms with Crippen LogP contribution in [0, 0.1) is 0 Å². The second-order valence-corrected chi connectivity index (χ2v) is 7.27. The van der Waals surface area contributed by atoms with Crippen LogP contribution < -0.4 is 14.8 Å². The second-order valence-electron chi connectivity index (χ2n) is 7.27. The van der Waals surface area contributed by atoms with Crippen LogP contribution in [0.2, 0.25) is 0 Å². The van der Waals surface area contributed by atoms with Crippen LogP contribution in [0.1, 0.15) is 25.6 Å². The molecule has 0 aliphatic carbocycles. The van der Waals surface area contributed by atoms with E-state index in [1.807, 2.05) is 37.3 Å². The minimum absolute atomic E-state index is 0.227. The van der Waals surface area contributed by atoms with E-state index in [4.69, 9.17) is 14.2 Å². The molecule has 3 aromatic rings. The Labute approximate surface area is 181 Å². The molecule has 7 nitrogen and oxygen atoms in total. The zero-order valence-electron chi connectivity index (χ0n) is 18.0. The quantitative estimate of drug-likeness (QED) is 0.635. The van der Waals surface area contributed by atoms with E-state index in [1.165, 1.54) is 11.9 Å². The van der Waals surface area contributed by atoms with Gasteiger partial charge >= 0.3 is 0 Å². The van der Waals surface area contributed by atoms with Gasteiger partial charge in [0.25, 0.3) is 0 Å². The number of methoxy groups -OCH3 is 2. The van der Waals surface area contributed by atoms with Crippen molar-refractivity contribution in [1.29, 1.82) is 0 Å². The average molecular weight is 419 g/mol. The van der Waals surface area contributed by atoms with Crippen molar-refractivity contribution in [2.75, 3.05) is 19.5 Å². The van der Waals surface area contributed by atoms with Crippen LogP contribution in [0.4, 0.5) is 5.69 Å². The van der Waals surface area contributed by atoms with Crippen molar-refractivity contribution in [2.24, 2.45) is 5.10 Å². The van der Waals surface area contributed by atoms with Crippen molar-refractivity contribution < 1.29 is 19.0 Å². The molecule has 0 fully saturated rings. The fourth-order valence-electron chi connectivity index (χ4n) is 3.63. The maximum absolute atomic E-state index is 12.3. The Morgan fingerprint density at radius 2 is 1.87 bits per heavy atom. The van der Waals surface area contributed by atoms with Crippen molar-refractivity contribution in [3.05, 3.63) is 66.2 Å². The third-order valence-corrected chi connectivity index (χ3v) is 5.22. The zero-order chi connectivity index (χ0) is 22.0. The fourth-order valence-corrected chi connectivity index (χ4v) is 3.63. The van der Waals surface area contributed by atoms with Gasteiger partial charge in [0.05, 0.1) is 19.8 Å². The van der Waals surface area contributed by atoms with E-state index >= 15 is 0 Å². The Bertz CT molecular complexity index is 1140. The number of hydrogen-bond acceptors (Lipinski definition) is 6. The molecule has 1 aliphatic heterocycles. The maximum Gasteiger partial charge on any atom is 0.243 e. The molecule has 4 rings (SSSR count). The highest BCUT2D eigenvalue weighted by molar-refractivity contribution is 5.96. The Morgan fingerprint density at radius 1 is 1.10 bits per heavy atom. The summed E-state index contributed by atoms with van der Waals surface area (Å²) in [6.07, 6.45) is -0.717. The van der Waals surface area contributed by atoms with E-state index in [2.05, 4.69) is 28.6 Å². The number of hydrazone groups is 1. The Morgan fingerprint density at radius 3 is 2.61 bits per heavy atom. The molecule has 2 unspecified atom stereocenters. The predicted octanol–water partition coefficient (Wildman–Crippen LogP) is 4.55. The average Bonchev–Trinajstić information content (AvgIpc) is 3.24. The van der Waals surface area contributed by atoms with Crippen molar-refractivity contribution in [1.82, 2.24) is 5.01 Å². The lowest BCUT2D eigenvalue weighted by atomic mass is 10.1. The number of nitrogens with one attached hydrogen (secondary N) is 1. The number of benzene rings is 3. The minimum Gasteiger partial charge on any atom is -0.497 e. The summed E-state index contributed by atoms with van der Waals surface area (Å²) < 4.78 is 16.9. The zero-order valence-corrected chi connectivity index (χ0v) is 18.0. The van der Waals surface area contributed by atoms with Crippen LogP contribution in [0.5, 0.6) is 11.5 Å². The minimum atomic E-state index is -0.717. The molecule has 1 aliphatic rings. The van der Waals surface area contributed by atoms with Crippen molar-refractivity contribution in [3.63, 3.8) is 0 Å². The summed E-state index contributed by atoms with van der Waals surface area (Å²) in [5.41, 5.74) is 1.66. The highest BCUT2D eigenvalue weighted by Crippen LogP contribution is 2.37. The van der Waals surface area contributed by atoms with Crippen LogP contribution in [0.15, 0.2) is 65.8 Å². The monoisotopic (exact) mass is 419 g/mol. The van der Waals surface area contributed by atoms with E-state index in [9.17, 15) is 4.79 Å². The van der Waals surface area contributed by atoms with Crippen LogP contribution in [0.25, 0.3) is 10.8 Å². The van der Waals surface area contributed by atoms with E-state index in [-0.39, 0.29) is 11.9 Å². The number of ether oxygens (including phenoxy) is 3. The van der Waals surface area contributed by atoms with Gasteiger partial charge in [-0.25, -0.2) is 0 Å². The molecule has 1 N–H and O–H groups in total. The van der Waals surface area contributed by atoms with Crippen LogP contribution in [0.3, 0.4) is 0 Å². The number of nitrogens with zero attached hydrogens (tertiary/aromatic N) is 2. The molecular weight excluding hydrogens is 394 g/mol. The SMILES string of the molecule is COc1ccc(C2OC(C(C)Nc3cccc4ccccc34)=NN2C(C)=O)c(OC)c1. The van der Waals surface area contributed by atoms with Crippen LogP contribution >= 0.6 is 0 Å². The molecule has 1 amide bonds. The van der Waals surface area contributed by atoms with E-state index in [0.29, 0.717) is 23.0 Å². The first-order chi connectivity index (χ1) is 15.0. The first-order valence-corrected chi connectivity index (χ1v) is 10.0. The summed E-state index contributed by atoms with van der Waals surface area (Å²) >= 11 is 0. The highest BCUT2D eigenvalue weighted by Gasteiger charge is 2.36. The van der Waals surface area contributed by atoms with Crippen molar-refractivity contribution >= 4 is 28.3 Å². The van der Waals surface area contributed by atoms with Crippen LogP contribution in [-0.4, -0.2) is 37.1 Å². The van der Waals surface area contributed by atoms with Gasteiger partial charge in [-0.2, -0.15) is 5.01 Å². The lowest BCUT2D eigenvalue weighted by Crippen LogP contribution is -2.27. The third-order valence-electron chi connectivity index (χ3n) is 5.22. The van der Waals surface area contributed by atoms with Gasteiger partial charge in [0.2, 0.25) is 18.0 Å². The van der Waals surface area contributed by atoms with E-state index < -0.39 is 6.23 Å². The topological polar surface area (TPSA) is 72.4 Å². The summed E-state index contributed by atoms with van der Waals surface area (Å²) in [7, 11) is 3.15. The maximum atomic E-state index is 12.3. The Kier molecular flexibility index (Phi) is 5.66. The molecule has 2 atom stereocenters. The first-order valence-electron chi connectivity index (χ1n) is 10.0. The Balaban J connectivity index is 1.61. The molecule has 7 heteroatoms. The van der Waals surface area contributed by atoms with Gasteiger partial charge in [-0.3, -0.25) is 4.79 Å². The van der Waals surface area contributed by atoms with Gasteiger partial charge < -0.3 is 19.5 Å². The largest absolute Gasteiger partial charge is 0.497 e. The molecule has 1 heterocycles. The van der Waals surface area contributed by atoms with E-state index in [1.54, 1.807) is 26.4 Å². The van der Waals surface area contributed by atoms with Gasteiger partial charge in [-0.1, -0.05) is 36.4 Å². The van der Waals surface area contributed by atoms with Gasteiger partial charge in [0.15, 0.2) is 0 Å². The summed E-state index contributed by atoms with van der Waals surface area (Å²) in [4.78, 5) is 12.3. The molecule has 0 radical (unpaired) electrons. The molecule has 160 valence electrons. The number of carbonyl (C=O) groups excluding carboxylic acids is 1. The number of hydrogen-bond donors (Lipinski definition) is 1. The van der Waals surface area contributed by atoms with E-state index in [0.717, 1.165) is 16.5 Å². The smallest absolute Gasteiger partial charge is 0.243 e. The standard InChI is InChI=1S/C24H25N3O4/c1-15(25-21-11-7-9-17-8-5-6-10-19(17)21)23-26-27(16(2)28)24(31-23)20-13-12-18(29-3)14-22(20)30-4/h5-15,24-25H,1-4H3. The molecule has 0 saturated carbocycles. The van der Waals surface area contributed by atoms with Gasteiger partial charge in [-0.05, 0) is 30.5 Å². The second kappa shape index (κ2) is 8.55. The molecule has 0 saturated heterocycles. The fraction of sp³-hybridized carbons (Fsp3) is 0.250.